The van der Waals surface area contributed by atoms with E-state index in [2.05, 4.69) is 24.1 Å². The normalized spacial score (nSPS) is 12.4. The average molecular weight is 307 g/mol. The SMILES string of the molecule is CCCNC(c1cc(F)ccc1Cl)c1ccncc1CC. The van der Waals surface area contributed by atoms with E-state index in [1.165, 1.54) is 12.1 Å². The zero-order chi connectivity index (χ0) is 15.2. The van der Waals surface area contributed by atoms with Crippen molar-refractivity contribution in [2.75, 3.05) is 6.54 Å². The molecular formula is C17H20ClFN2. The second-order valence-electron chi connectivity index (χ2n) is 4.98. The summed E-state index contributed by atoms with van der Waals surface area (Å²) in [7, 11) is 0. The lowest BCUT2D eigenvalue weighted by molar-refractivity contribution is 0.582. The number of nitrogens with zero attached hydrogens (tertiary/aromatic N) is 1. The molecule has 2 rings (SSSR count). The molecule has 0 radical (unpaired) electrons. The van der Waals surface area contributed by atoms with Crippen molar-refractivity contribution in [1.29, 1.82) is 0 Å². The molecule has 4 heteroatoms. The van der Waals surface area contributed by atoms with E-state index in [0.29, 0.717) is 5.02 Å². The van der Waals surface area contributed by atoms with Gasteiger partial charge in [-0.05, 0) is 60.3 Å². The molecule has 2 nitrogen and oxygen atoms in total. The Hall–Kier alpha value is -1.45. The first-order valence-corrected chi connectivity index (χ1v) is 7.66. The van der Waals surface area contributed by atoms with Gasteiger partial charge in [0, 0.05) is 17.4 Å². The Labute approximate surface area is 130 Å². The Kier molecular flexibility index (Phi) is 5.71. The second kappa shape index (κ2) is 7.53. The third kappa shape index (κ3) is 3.80. The number of aryl methyl sites for hydroxylation is 1. The average Bonchev–Trinajstić information content (AvgIpc) is 2.51. The highest BCUT2D eigenvalue weighted by Gasteiger charge is 2.19. The maximum Gasteiger partial charge on any atom is 0.123 e. The highest BCUT2D eigenvalue weighted by atomic mass is 35.5. The molecule has 1 atom stereocenters. The Bertz CT molecular complexity index is 601. The van der Waals surface area contributed by atoms with E-state index in [1.54, 1.807) is 12.3 Å². The monoisotopic (exact) mass is 306 g/mol. The minimum Gasteiger partial charge on any atom is -0.306 e. The van der Waals surface area contributed by atoms with Crippen molar-refractivity contribution in [3.05, 3.63) is 64.2 Å². The number of nitrogens with one attached hydrogen (secondary N) is 1. The third-order valence-electron chi connectivity index (χ3n) is 3.50. The van der Waals surface area contributed by atoms with Crippen LogP contribution in [0.2, 0.25) is 5.02 Å². The van der Waals surface area contributed by atoms with E-state index >= 15 is 0 Å². The van der Waals surface area contributed by atoms with E-state index in [-0.39, 0.29) is 11.9 Å². The summed E-state index contributed by atoms with van der Waals surface area (Å²) in [5.74, 6) is -0.273. The molecule has 0 spiro atoms. The Morgan fingerprint density at radius 1 is 1.24 bits per heavy atom. The second-order valence-corrected chi connectivity index (χ2v) is 5.39. The number of rotatable bonds is 6. The van der Waals surface area contributed by atoms with Gasteiger partial charge >= 0.3 is 0 Å². The molecule has 1 aromatic heterocycles. The summed E-state index contributed by atoms with van der Waals surface area (Å²) in [5.41, 5.74) is 3.02. The van der Waals surface area contributed by atoms with Crippen LogP contribution in [0, 0.1) is 5.82 Å². The first-order chi connectivity index (χ1) is 10.2. The number of aromatic nitrogens is 1. The summed E-state index contributed by atoms with van der Waals surface area (Å²) >= 11 is 6.29. The molecule has 0 aliphatic heterocycles. The summed E-state index contributed by atoms with van der Waals surface area (Å²) in [4.78, 5) is 4.18. The van der Waals surface area contributed by atoms with Crippen LogP contribution in [0.3, 0.4) is 0 Å². The lowest BCUT2D eigenvalue weighted by atomic mass is 9.94. The van der Waals surface area contributed by atoms with Gasteiger partial charge in [0.25, 0.3) is 0 Å². The fourth-order valence-corrected chi connectivity index (χ4v) is 2.65. The van der Waals surface area contributed by atoms with Crippen molar-refractivity contribution in [2.45, 2.75) is 32.7 Å². The van der Waals surface area contributed by atoms with E-state index in [1.807, 2.05) is 12.3 Å². The molecule has 1 N–H and O–H groups in total. The van der Waals surface area contributed by atoms with Gasteiger partial charge in [-0.15, -0.1) is 0 Å². The predicted octanol–water partition coefficient (Wildman–Crippen LogP) is 4.53. The summed E-state index contributed by atoms with van der Waals surface area (Å²) in [6.07, 6.45) is 5.50. The third-order valence-corrected chi connectivity index (χ3v) is 3.84. The zero-order valence-corrected chi connectivity index (χ0v) is 13.1. The Morgan fingerprint density at radius 3 is 2.76 bits per heavy atom. The number of pyridine rings is 1. The number of hydrogen-bond donors (Lipinski definition) is 1. The van der Waals surface area contributed by atoms with E-state index < -0.39 is 0 Å². The Balaban J connectivity index is 2.49. The van der Waals surface area contributed by atoms with Crippen LogP contribution >= 0.6 is 11.6 Å². The topological polar surface area (TPSA) is 24.9 Å². The van der Waals surface area contributed by atoms with Crippen LogP contribution in [-0.2, 0) is 6.42 Å². The number of halogens is 2. The van der Waals surface area contributed by atoms with Crippen LogP contribution in [0.4, 0.5) is 4.39 Å². The summed E-state index contributed by atoms with van der Waals surface area (Å²) in [5, 5.41) is 4.04. The number of hydrogen-bond acceptors (Lipinski definition) is 2. The van der Waals surface area contributed by atoms with Crippen molar-refractivity contribution in [3.8, 4) is 0 Å². The van der Waals surface area contributed by atoms with Gasteiger partial charge in [0.1, 0.15) is 5.82 Å². The first kappa shape index (κ1) is 15.9. The van der Waals surface area contributed by atoms with Gasteiger partial charge in [-0.2, -0.15) is 0 Å². The van der Waals surface area contributed by atoms with Crippen LogP contribution in [-0.4, -0.2) is 11.5 Å². The standard InChI is InChI=1S/C17H20ClFN2/c1-3-8-21-17(14-7-9-20-11-12(14)4-2)15-10-13(19)5-6-16(15)18/h5-7,9-11,17,21H,3-4,8H2,1-2H3. The smallest absolute Gasteiger partial charge is 0.123 e. The van der Waals surface area contributed by atoms with Gasteiger partial charge in [-0.3, -0.25) is 4.98 Å². The minimum atomic E-state index is -0.273. The first-order valence-electron chi connectivity index (χ1n) is 7.28. The molecule has 0 saturated heterocycles. The highest BCUT2D eigenvalue weighted by Crippen LogP contribution is 2.30. The van der Waals surface area contributed by atoms with Crippen LogP contribution in [0.25, 0.3) is 0 Å². The van der Waals surface area contributed by atoms with Crippen molar-refractivity contribution in [3.63, 3.8) is 0 Å². The van der Waals surface area contributed by atoms with Gasteiger partial charge < -0.3 is 5.32 Å². The lowest BCUT2D eigenvalue weighted by Gasteiger charge is -2.23. The van der Waals surface area contributed by atoms with E-state index in [9.17, 15) is 4.39 Å². The van der Waals surface area contributed by atoms with Gasteiger partial charge in [0.2, 0.25) is 0 Å². The number of benzene rings is 1. The quantitative estimate of drug-likeness (QED) is 0.848. The lowest BCUT2D eigenvalue weighted by Crippen LogP contribution is -2.24. The van der Waals surface area contributed by atoms with Gasteiger partial charge in [0.05, 0.1) is 6.04 Å². The van der Waals surface area contributed by atoms with Crippen molar-refractivity contribution >= 4 is 11.6 Å². The summed E-state index contributed by atoms with van der Waals surface area (Å²) in [6.45, 7) is 5.03. The molecule has 0 aliphatic carbocycles. The molecule has 21 heavy (non-hydrogen) atoms. The van der Waals surface area contributed by atoms with Crippen molar-refractivity contribution in [1.82, 2.24) is 10.3 Å². The van der Waals surface area contributed by atoms with Crippen LogP contribution in [0.1, 0.15) is 43.0 Å². The summed E-state index contributed by atoms with van der Waals surface area (Å²) in [6, 6.07) is 6.37. The molecular weight excluding hydrogens is 287 g/mol. The maximum atomic E-state index is 13.6. The molecule has 0 aliphatic rings. The highest BCUT2D eigenvalue weighted by molar-refractivity contribution is 6.31. The van der Waals surface area contributed by atoms with Crippen molar-refractivity contribution < 1.29 is 4.39 Å². The van der Waals surface area contributed by atoms with E-state index in [4.69, 9.17) is 11.6 Å². The zero-order valence-electron chi connectivity index (χ0n) is 12.4. The molecule has 0 fully saturated rings. The molecule has 0 saturated carbocycles. The fourth-order valence-electron chi connectivity index (χ4n) is 2.43. The fraction of sp³-hybridized carbons (Fsp3) is 0.353. The molecule has 0 bridgehead atoms. The maximum absolute atomic E-state index is 13.6. The molecule has 112 valence electrons. The van der Waals surface area contributed by atoms with E-state index in [0.717, 1.165) is 36.1 Å². The molecule has 2 aromatic rings. The minimum absolute atomic E-state index is 0.119. The molecule has 1 heterocycles. The van der Waals surface area contributed by atoms with Crippen LogP contribution < -0.4 is 5.32 Å². The predicted molar refractivity (Wildman–Crippen MR) is 85.2 cm³/mol. The molecule has 1 unspecified atom stereocenters. The van der Waals surface area contributed by atoms with Crippen LogP contribution in [0.5, 0.6) is 0 Å². The molecule has 0 amide bonds. The summed E-state index contributed by atoms with van der Waals surface area (Å²) < 4.78 is 13.6. The molecule has 1 aromatic carbocycles. The van der Waals surface area contributed by atoms with Gasteiger partial charge in [-0.1, -0.05) is 25.4 Å². The van der Waals surface area contributed by atoms with Crippen LogP contribution in [0.15, 0.2) is 36.7 Å². The van der Waals surface area contributed by atoms with Crippen molar-refractivity contribution in [2.24, 2.45) is 0 Å². The van der Waals surface area contributed by atoms with Gasteiger partial charge in [0.15, 0.2) is 0 Å². The Morgan fingerprint density at radius 2 is 2.05 bits per heavy atom. The largest absolute Gasteiger partial charge is 0.306 e. The van der Waals surface area contributed by atoms with Gasteiger partial charge in [-0.25, -0.2) is 4.39 Å².